The molecule has 9 nitrogen and oxygen atoms in total. The van der Waals surface area contributed by atoms with Crippen molar-refractivity contribution in [2.75, 3.05) is 18.8 Å². The first-order chi connectivity index (χ1) is 11.1. The van der Waals surface area contributed by atoms with E-state index in [4.69, 9.17) is 20.6 Å². The molecule has 1 amide bonds. The Labute approximate surface area is 139 Å². The Hall–Kier alpha value is -2.84. The van der Waals surface area contributed by atoms with Crippen molar-refractivity contribution in [1.29, 1.82) is 5.41 Å². The van der Waals surface area contributed by atoms with E-state index in [1.807, 2.05) is 0 Å². The van der Waals surface area contributed by atoms with Crippen molar-refractivity contribution in [1.82, 2.24) is 4.90 Å². The molecule has 0 spiro atoms. The predicted molar refractivity (Wildman–Crippen MR) is 87.6 cm³/mol. The van der Waals surface area contributed by atoms with Crippen LogP contribution >= 0.6 is 0 Å². The number of carbonyl (C=O) groups excluding carboxylic acids is 1. The van der Waals surface area contributed by atoms with E-state index in [0.717, 1.165) is 6.21 Å². The number of amides is 1. The van der Waals surface area contributed by atoms with Gasteiger partial charge in [0.2, 0.25) is 0 Å². The van der Waals surface area contributed by atoms with Gasteiger partial charge < -0.3 is 25.5 Å². The normalized spacial score (nSPS) is 14.7. The SMILES string of the molecule is CC(C)(C)OC(=O)N1CC(Oc2cc(N)c(C=N)cc2[N+](=O)[O-])C1. The monoisotopic (exact) mass is 336 g/mol. The number of ether oxygens (including phenoxy) is 2. The van der Waals surface area contributed by atoms with Crippen molar-refractivity contribution in [3.05, 3.63) is 27.8 Å². The summed E-state index contributed by atoms with van der Waals surface area (Å²) in [5.41, 5.74) is 5.36. The summed E-state index contributed by atoms with van der Waals surface area (Å²) in [5, 5.41) is 18.3. The minimum atomic E-state index is -0.591. The zero-order chi connectivity index (χ0) is 18.1. The number of anilines is 1. The average molecular weight is 336 g/mol. The molecule has 24 heavy (non-hydrogen) atoms. The van der Waals surface area contributed by atoms with Crippen molar-refractivity contribution < 1.29 is 19.2 Å². The topological polar surface area (TPSA) is 132 Å². The zero-order valence-electron chi connectivity index (χ0n) is 13.7. The van der Waals surface area contributed by atoms with Crippen molar-refractivity contribution in [3.8, 4) is 5.75 Å². The van der Waals surface area contributed by atoms with E-state index in [1.165, 1.54) is 17.0 Å². The lowest BCUT2D eigenvalue weighted by Gasteiger charge is -2.39. The molecule has 3 N–H and O–H groups in total. The van der Waals surface area contributed by atoms with Gasteiger partial charge in [-0.2, -0.15) is 0 Å². The molecule has 0 atom stereocenters. The Balaban J connectivity index is 2.04. The van der Waals surface area contributed by atoms with Crippen LogP contribution in [0.3, 0.4) is 0 Å². The highest BCUT2D eigenvalue weighted by molar-refractivity contribution is 5.87. The molecule has 1 aliphatic rings. The third kappa shape index (κ3) is 3.92. The maximum Gasteiger partial charge on any atom is 0.410 e. The highest BCUT2D eigenvalue weighted by Gasteiger charge is 2.36. The first kappa shape index (κ1) is 17.5. The number of likely N-dealkylation sites (tertiary alicyclic amines) is 1. The van der Waals surface area contributed by atoms with Crippen LogP contribution in [0.15, 0.2) is 12.1 Å². The third-order valence-corrected chi connectivity index (χ3v) is 3.31. The molecular formula is C15H20N4O5. The van der Waals surface area contributed by atoms with E-state index in [-0.39, 0.29) is 41.9 Å². The maximum atomic E-state index is 11.8. The van der Waals surface area contributed by atoms with Crippen LogP contribution < -0.4 is 10.5 Å². The summed E-state index contributed by atoms with van der Waals surface area (Å²) < 4.78 is 10.8. The lowest BCUT2D eigenvalue weighted by Crippen LogP contribution is -2.57. The minimum Gasteiger partial charge on any atom is -0.480 e. The highest BCUT2D eigenvalue weighted by Crippen LogP contribution is 2.33. The van der Waals surface area contributed by atoms with Gasteiger partial charge in [0.25, 0.3) is 0 Å². The highest BCUT2D eigenvalue weighted by atomic mass is 16.6. The van der Waals surface area contributed by atoms with Crippen LogP contribution in [0.5, 0.6) is 5.75 Å². The van der Waals surface area contributed by atoms with Gasteiger partial charge in [0.1, 0.15) is 11.7 Å². The van der Waals surface area contributed by atoms with E-state index in [9.17, 15) is 14.9 Å². The molecule has 1 aromatic carbocycles. The number of hydrogen-bond donors (Lipinski definition) is 2. The summed E-state index contributed by atoms with van der Waals surface area (Å²) in [4.78, 5) is 23.9. The van der Waals surface area contributed by atoms with Gasteiger partial charge in [0.15, 0.2) is 5.75 Å². The second-order valence-corrected chi connectivity index (χ2v) is 6.48. The number of rotatable bonds is 4. The summed E-state index contributed by atoms with van der Waals surface area (Å²) in [7, 11) is 0. The fraction of sp³-hybridized carbons (Fsp3) is 0.467. The lowest BCUT2D eigenvalue weighted by atomic mass is 10.1. The van der Waals surface area contributed by atoms with Gasteiger partial charge in [0, 0.05) is 29.6 Å². The smallest absolute Gasteiger partial charge is 0.410 e. The first-order valence-corrected chi connectivity index (χ1v) is 7.33. The number of nitrogen functional groups attached to an aromatic ring is 1. The molecule has 1 aliphatic heterocycles. The van der Waals surface area contributed by atoms with Crippen LogP contribution in [-0.2, 0) is 4.74 Å². The number of carbonyl (C=O) groups is 1. The van der Waals surface area contributed by atoms with Gasteiger partial charge in [-0.3, -0.25) is 10.1 Å². The number of nitrogens with one attached hydrogen (secondary N) is 1. The Kier molecular flexibility index (Phi) is 4.63. The Morgan fingerprint density at radius 3 is 2.58 bits per heavy atom. The molecule has 0 saturated carbocycles. The van der Waals surface area contributed by atoms with Gasteiger partial charge >= 0.3 is 11.8 Å². The molecular weight excluding hydrogens is 316 g/mol. The fourth-order valence-electron chi connectivity index (χ4n) is 2.13. The van der Waals surface area contributed by atoms with Crippen molar-refractivity contribution >= 4 is 23.7 Å². The number of benzene rings is 1. The number of nitro benzene ring substituents is 1. The van der Waals surface area contributed by atoms with Gasteiger partial charge in [-0.1, -0.05) is 0 Å². The fourth-order valence-corrected chi connectivity index (χ4v) is 2.13. The van der Waals surface area contributed by atoms with E-state index in [2.05, 4.69) is 0 Å². The van der Waals surface area contributed by atoms with Crippen molar-refractivity contribution in [3.63, 3.8) is 0 Å². The Morgan fingerprint density at radius 2 is 2.08 bits per heavy atom. The number of hydrogen-bond acceptors (Lipinski definition) is 7. The molecule has 130 valence electrons. The van der Waals surface area contributed by atoms with Crippen LogP contribution in [0.25, 0.3) is 0 Å². The van der Waals surface area contributed by atoms with E-state index >= 15 is 0 Å². The quantitative estimate of drug-likeness (QED) is 0.375. The molecule has 1 heterocycles. The summed E-state index contributed by atoms with van der Waals surface area (Å²) in [6, 6.07) is 2.52. The molecule has 0 bridgehead atoms. The summed E-state index contributed by atoms with van der Waals surface area (Å²) >= 11 is 0. The second kappa shape index (κ2) is 6.34. The van der Waals surface area contributed by atoms with Gasteiger partial charge in [-0.25, -0.2) is 4.79 Å². The zero-order valence-corrected chi connectivity index (χ0v) is 13.7. The Bertz CT molecular complexity index is 677. The van der Waals surface area contributed by atoms with Crippen LogP contribution in [0.4, 0.5) is 16.2 Å². The van der Waals surface area contributed by atoms with E-state index in [0.29, 0.717) is 0 Å². The number of nitro groups is 1. The third-order valence-electron chi connectivity index (χ3n) is 3.31. The molecule has 0 unspecified atom stereocenters. The van der Waals surface area contributed by atoms with Crippen LogP contribution in [0, 0.1) is 15.5 Å². The molecule has 1 saturated heterocycles. The molecule has 1 aromatic rings. The first-order valence-electron chi connectivity index (χ1n) is 7.33. The molecule has 9 heteroatoms. The minimum absolute atomic E-state index is 0.0249. The molecule has 0 radical (unpaired) electrons. The number of nitrogens with zero attached hydrogens (tertiary/aromatic N) is 2. The summed E-state index contributed by atoms with van der Waals surface area (Å²) in [6.07, 6.45) is 0.122. The van der Waals surface area contributed by atoms with Crippen LogP contribution in [0.2, 0.25) is 0 Å². The van der Waals surface area contributed by atoms with E-state index in [1.54, 1.807) is 20.8 Å². The van der Waals surface area contributed by atoms with Gasteiger partial charge in [0.05, 0.1) is 18.0 Å². The van der Waals surface area contributed by atoms with Gasteiger partial charge in [-0.05, 0) is 20.8 Å². The average Bonchev–Trinajstić information content (AvgIpc) is 2.39. The molecule has 0 aromatic heterocycles. The molecule has 2 rings (SSSR count). The standard InChI is InChI=1S/C15H20N4O5/c1-15(2,3)24-14(20)18-7-10(8-18)23-13-5-11(17)9(6-16)4-12(13)19(21)22/h4-6,10,16H,7-8,17H2,1-3H3. The van der Waals surface area contributed by atoms with Crippen LogP contribution in [0.1, 0.15) is 26.3 Å². The predicted octanol–water partition coefficient (Wildman–Crippen LogP) is 2.17. The summed E-state index contributed by atoms with van der Waals surface area (Å²) in [6.45, 7) is 5.87. The number of nitrogens with two attached hydrogens (primary N) is 1. The molecule has 0 aliphatic carbocycles. The van der Waals surface area contributed by atoms with E-state index < -0.39 is 16.6 Å². The van der Waals surface area contributed by atoms with Crippen LogP contribution in [-0.4, -0.2) is 46.9 Å². The Morgan fingerprint density at radius 1 is 1.46 bits per heavy atom. The summed E-state index contributed by atoms with van der Waals surface area (Å²) in [5.74, 6) is 0.0249. The molecule has 1 fully saturated rings. The van der Waals surface area contributed by atoms with Crippen molar-refractivity contribution in [2.45, 2.75) is 32.5 Å². The maximum absolute atomic E-state index is 11.8. The largest absolute Gasteiger partial charge is 0.480 e. The lowest BCUT2D eigenvalue weighted by molar-refractivity contribution is -0.386. The second-order valence-electron chi connectivity index (χ2n) is 6.48. The van der Waals surface area contributed by atoms with Crippen molar-refractivity contribution in [2.24, 2.45) is 0 Å². The van der Waals surface area contributed by atoms with Gasteiger partial charge in [-0.15, -0.1) is 0 Å².